The quantitative estimate of drug-likeness (QED) is 0.555. The summed E-state index contributed by atoms with van der Waals surface area (Å²) < 4.78 is 24.2. The lowest BCUT2D eigenvalue weighted by Gasteiger charge is -1.88. The lowest BCUT2D eigenvalue weighted by molar-refractivity contribution is 0.509. The molecule has 1 heterocycles. The Hall–Kier alpha value is 0.0800. The van der Waals surface area contributed by atoms with Crippen LogP contribution in [0.1, 0.15) is 0 Å². The summed E-state index contributed by atoms with van der Waals surface area (Å²) in [7, 11) is -3.12. The third-order valence-corrected chi connectivity index (χ3v) is 1.06. The monoisotopic (exact) mass is 301 g/mol. The van der Waals surface area contributed by atoms with Crippen molar-refractivity contribution in [3.8, 4) is 0 Å². The van der Waals surface area contributed by atoms with Gasteiger partial charge in [0, 0.05) is 0 Å². The van der Waals surface area contributed by atoms with Gasteiger partial charge in [0.1, 0.15) is 0 Å². The number of rotatable bonds is 0. The standard InChI is InChI=1S/C3Cl3N3.ClH.H2O3S/c4-1-7-2(5)9-3(6)8-1;;1-4(2)3/h;1H;4H,(H,1,2,3). The summed E-state index contributed by atoms with van der Waals surface area (Å²) in [6.45, 7) is 0. The van der Waals surface area contributed by atoms with E-state index in [1.807, 2.05) is 0 Å². The summed E-state index contributed by atoms with van der Waals surface area (Å²) in [6.07, 6.45) is 0. The molecule has 6 nitrogen and oxygen atoms in total. The lowest BCUT2D eigenvalue weighted by Crippen LogP contribution is -1.87. The summed E-state index contributed by atoms with van der Waals surface area (Å²) in [6, 6.07) is 0. The summed E-state index contributed by atoms with van der Waals surface area (Å²) in [5, 5.41) is 0.00000000000000178. The Kier molecular flexibility index (Phi) is 9.90. The van der Waals surface area contributed by atoms with E-state index in [-0.39, 0.29) is 28.3 Å². The molecule has 0 radical (unpaired) electrons. The first-order valence-electron chi connectivity index (χ1n) is 2.47. The zero-order valence-electron chi connectivity index (χ0n) is 6.09. The molecule has 0 aliphatic carbocycles. The highest BCUT2D eigenvalue weighted by atomic mass is 35.5. The second-order valence-electron chi connectivity index (χ2n) is 1.38. The van der Waals surface area contributed by atoms with Crippen LogP contribution in [0, 0.1) is 0 Å². The third-order valence-electron chi connectivity index (χ3n) is 0.554. The molecule has 1 aromatic rings. The molecule has 0 saturated heterocycles. The number of hydrogen-bond donors (Lipinski definition) is 2. The van der Waals surface area contributed by atoms with Crippen molar-refractivity contribution in [1.29, 1.82) is 0 Å². The van der Waals surface area contributed by atoms with Gasteiger partial charge in [0.2, 0.25) is 15.9 Å². The second-order valence-corrected chi connectivity index (χ2v) is 2.87. The molecule has 0 amide bonds. The highest BCUT2D eigenvalue weighted by Crippen LogP contribution is 2.08. The predicted octanol–water partition coefficient (Wildman–Crippen LogP) is 1.32. The van der Waals surface area contributed by atoms with Gasteiger partial charge in [-0.2, -0.15) is 15.0 Å². The minimum absolute atomic E-state index is 0. The molecule has 0 aromatic carbocycles. The van der Waals surface area contributed by atoms with Crippen LogP contribution >= 0.6 is 47.2 Å². The van der Waals surface area contributed by atoms with Crippen molar-refractivity contribution < 1.29 is 13.0 Å². The second kappa shape index (κ2) is 8.39. The highest BCUT2D eigenvalue weighted by Gasteiger charge is 1.97. The fraction of sp³-hybridized carbons (Fsp3) is 0. The van der Waals surface area contributed by atoms with E-state index in [4.69, 9.17) is 47.8 Å². The van der Waals surface area contributed by atoms with Gasteiger partial charge in [0.25, 0.3) is 11.0 Å². The van der Waals surface area contributed by atoms with Crippen molar-refractivity contribution in [3.05, 3.63) is 15.9 Å². The maximum absolute atomic E-state index is 8.59. The first-order chi connectivity index (χ1) is 5.91. The Labute approximate surface area is 102 Å². The smallest absolute Gasteiger partial charge is 0.254 e. The first-order valence-corrected chi connectivity index (χ1v) is 4.74. The van der Waals surface area contributed by atoms with E-state index in [0.717, 1.165) is 0 Å². The van der Waals surface area contributed by atoms with Gasteiger partial charge in [0.15, 0.2) is 0 Å². The maximum atomic E-state index is 8.59. The van der Waals surface area contributed by atoms with Crippen molar-refractivity contribution in [3.63, 3.8) is 0 Å². The normalized spacial score (nSPS) is 8.64. The molecule has 82 valence electrons. The Morgan fingerprint density at radius 3 is 1.21 bits per heavy atom. The molecule has 0 unspecified atom stereocenters. The van der Waals surface area contributed by atoms with Crippen molar-refractivity contribution >= 4 is 58.2 Å². The van der Waals surface area contributed by atoms with Crippen molar-refractivity contribution in [2.24, 2.45) is 0 Å². The number of aromatic nitrogens is 3. The molecule has 0 aliphatic rings. The Balaban J connectivity index is 0. The van der Waals surface area contributed by atoms with Crippen LogP contribution in [-0.4, -0.2) is 27.9 Å². The summed E-state index contributed by atoms with van der Waals surface area (Å²) in [5.74, 6) is 0. The molecular weight excluding hydrogens is 300 g/mol. The van der Waals surface area contributed by atoms with Crippen LogP contribution in [-0.2, 0) is 11.0 Å². The lowest BCUT2D eigenvalue weighted by atomic mass is 11.1. The first kappa shape index (κ1) is 16.5. The number of hydrogen-bond acceptors (Lipinski definition) is 5. The number of nitrogens with zero attached hydrogens (tertiary/aromatic N) is 3. The predicted molar refractivity (Wildman–Crippen MR) is 55.0 cm³/mol. The summed E-state index contributed by atoms with van der Waals surface area (Å²) in [4.78, 5) is 10.4. The molecule has 0 fully saturated rings. The largest absolute Gasteiger partial charge is 0.288 e. The van der Waals surface area contributed by atoms with Gasteiger partial charge in [-0.3, -0.25) is 4.55 Å². The third kappa shape index (κ3) is 10.2. The van der Waals surface area contributed by atoms with E-state index < -0.39 is 11.0 Å². The summed E-state index contributed by atoms with van der Waals surface area (Å²) >= 11 is 16.0. The van der Waals surface area contributed by atoms with Crippen LogP contribution in [0.5, 0.6) is 0 Å². The molecule has 1 rings (SSSR count). The Bertz CT molecular complexity index is 300. The van der Waals surface area contributed by atoms with E-state index in [9.17, 15) is 0 Å². The van der Waals surface area contributed by atoms with Gasteiger partial charge in [-0.15, -0.1) is 12.4 Å². The van der Waals surface area contributed by atoms with Gasteiger partial charge < -0.3 is 0 Å². The highest BCUT2D eigenvalue weighted by molar-refractivity contribution is 7.66. The Morgan fingerprint density at radius 1 is 0.929 bits per heavy atom. The molecule has 11 heteroatoms. The van der Waals surface area contributed by atoms with E-state index in [0.29, 0.717) is 0 Å². The molecule has 14 heavy (non-hydrogen) atoms. The van der Waals surface area contributed by atoms with Crippen LogP contribution in [0.25, 0.3) is 0 Å². The van der Waals surface area contributed by atoms with Gasteiger partial charge in [-0.1, -0.05) is 0 Å². The molecular formula is C3H3Cl4N3O3S. The van der Waals surface area contributed by atoms with E-state index in [2.05, 4.69) is 15.0 Å². The van der Waals surface area contributed by atoms with Crippen molar-refractivity contribution in [2.45, 2.75) is 0 Å². The van der Waals surface area contributed by atoms with Gasteiger partial charge in [-0.25, -0.2) is 8.42 Å². The topological polar surface area (TPSA) is 93.0 Å². The fourth-order valence-corrected chi connectivity index (χ4v) is 0.913. The van der Waals surface area contributed by atoms with Gasteiger partial charge in [-0.05, 0) is 34.8 Å². The van der Waals surface area contributed by atoms with Crippen LogP contribution in [0.2, 0.25) is 15.9 Å². The summed E-state index contributed by atoms with van der Waals surface area (Å²) in [5.41, 5.74) is 0. The van der Waals surface area contributed by atoms with Crippen LogP contribution in [0.3, 0.4) is 0 Å². The molecule has 0 atom stereocenters. The molecule has 0 saturated carbocycles. The molecule has 1 aromatic heterocycles. The SMILES string of the molecule is Cl.Clc1nc(Cl)nc(Cl)n1.O=[SH](=O)O. The molecule has 0 spiro atoms. The zero-order valence-corrected chi connectivity index (χ0v) is 10.1. The van der Waals surface area contributed by atoms with Crippen LogP contribution in [0.4, 0.5) is 0 Å². The molecule has 1 N–H and O–H groups in total. The number of thiol groups is 1. The van der Waals surface area contributed by atoms with E-state index >= 15 is 0 Å². The fourth-order valence-electron chi connectivity index (χ4n) is 0.303. The average Bonchev–Trinajstić information content (AvgIpc) is 1.80. The average molecular weight is 303 g/mol. The van der Waals surface area contributed by atoms with Crippen LogP contribution in [0.15, 0.2) is 0 Å². The van der Waals surface area contributed by atoms with Crippen LogP contribution < -0.4 is 0 Å². The molecule has 0 bridgehead atoms. The minimum Gasteiger partial charge on any atom is -0.288 e. The van der Waals surface area contributed by atoms with Crippen molar-refractivity contribution in [1.82, 2.24) is 15.0 Å². The van der Waals surface area contributed by atoms with Gasteiger partial charge >= 0.3 is 0 Å². The minimum atomic E-state index is -3.12. The van der Waals surface area contributed by atoms with Gasteiger partial charge in [0.05, 0.1) is 0 Å². The zero-order chi connectivity index (χ0) is 10.4. The molecule has 0 aliphatic heterocycles. The van der Waals surface area contributed by atoms with E-state index in [1.165, 1.54) is 0 Å². The number of halogens is 4. The maximum Gasteiger partial charge on any atom is 0.254 e. The van der Waals surface area contributed by atoms with Crippen molar-refractivity contribution in [2.75, 3.05) is 0 Å². The Morgan fingerprint density at radius 2 is 1.07 bits per heavy atom. The van der Waals surface area contributed by atoms with E-state index in [1.54, 1.807) is 0 Å².